The molecule has 3 heteroatoms. The summed E-state index contributed by atoms with van der Waals surface area (Å²) in [5.41, 5.74) is 3.25. The summed E-state index contributed by atoms with van der Waals surface area (Å²) >= 11 is 0. The van der Waals surface area contributed by atoms with Gasteiger partial charge >= 0.3 is 5.97 Å². The number of aromatic amines is 1. The third-order valence-corrected chi connectivity index (χ3v) is 5.50. The molecule has 0 aliphatic carbocycles. The molecule has 160 valence electrons. The first kappa shape index (κ1) is 21.4. The molecule has 0 amide bonds. The fourth-order valence-electron chi connectivity index (χ4n) is 3.89. The topological polar surface area (TPSA) is 42.1 Å². The standard InChI is InChI=1S/C24H20O2.C5H7N/c1-2-23(25)26-24(21-15-7-11-17-9-3-5-13-19(17)21)22-16-8-12-18-10-4-6-14-20(18)22;1-5-3-2-4-6-5/h3-16,24H,2H2,1H3;2-4,6H,1H3. The Balaban J connectivity index is 0.000000354. The lowest BCUT2D eigenvalue weighted by Crippen LogP contribution is -2.12. The number of carbonyl (C=O) groups is 1. The maximum absolute atomic E-state index is 12.2. The minimum atomic E-state index is -0.431. The number of nitrogens with one attached hydrogen (secondary N) is 1. The van der Waals surface area contributed by atoms with Crippen LogP contribution < -0.4 is 0 Å². The fraction of sp³-hybridized carbons (Fsp3) is 0.138. The molecule has 0 bridgehead atoms. The van der Waals surface area contributed by atoms with Gasteiger partial charge in [0.25, 0.3) is 0 Å². The average molecular weight is 422 g/mol. The van der Waals surface area contributed by atoms with E-state index >= 15 is 0 Å². The maximum atomic E-state index is 12.2. The van der Waals surface area contributed by atoms with Gasteiger partial charge in [-0.15, -0.1) is 0 Å². The minimum Gasteiger partial charge on any atom is -0.452 e. The Morgan fingerprint density at radius 3 is 1.72 bits per heavy atom. The second-order valence-electron chi connectivity index (χ2n) is 7.71. The molecule has 1 aromatic heterocycles. The zero-order valence-electron chi connectivity index (χ0n) is 18.4. The third kappa shape index (κ3) is 4.73. The number of hydrogen-bond donors (Lipinski definition) is 1. The van der Waals surface area contributed by atoms with E-state index in [0.717, 1.165) is 32.7 Å². The van der Waals surface area contributed by atoms with Crippen LogP contribution in [0.4, 0.5) is 0 Å². The SMILES string of the molecule is CCC(=O)OC(c1cccc2ccccc12)c1cccc2ccccc12.Cc1ccc[nH]1. The van der Waals surface area contributed by atoms with Crippen molar-refractivity contribution >= 4 is 27.5 Å². The highest BCUT2D eigenvalue weighted by Gasteiger charge is 2.22. The zero-order chi connectivity index (χ0) is 22.3. The van der Waals surface area contributed by atoms with Crippen LogP contribution in [0, 0.1) is 6.92 Å². The summed E-state index contributed by atoms with van der Waals surface area (Å²) in [4.78, 5) is 15.2. The van der Waals surface area contributed by atoms with Crippen molar-refractivity contribution in [3.8, 4) is 0 Å². The number of benzene rings is 4. The summed E-state index contributed by atoms with van der Waals surface area (Å²) in [6.45, 7) is 3.85. The van der Waals surface area contributed by atoms with Crippen molar-refractivity contribution in [1.82, 2.24) is 4.98 Å². The average Bonchev–Trinajstić information content (AvgIpc) is 3.33. The van der Waals surface area contributed by atoms with E-state index in [1.807, 2.05) is 68.6 Å². The lowest BCUT2D eigenvalue weighted by molar-refractivity contribution is -0.147. The van der Waals surface area contributed by atoms with Crippen LogP contribution in [0.25, 0.3) is 21.5 Å². The van der Waals surface area contributed by atoms with E-state index in [-0.39, 0.29) is 5.97 Å². The second kappa shape index (κ2) is 9.97. The Kier molecular flexibility index (Phi) is 6.66. The Labute approximate surface area is 188 Å². The number of ether oxygens (including phenoxy) is 1. The number of aromatic nitrogens is 1. The zero-order valence-corrected chi connectivity index (χ0v) is 18.4. The summed E-state index contributed by atoms with van der Waals surface area (Å²) < 4.78 is 5.95. The third-order valence-electron chi connectivity index (χ3n) is 5.50. The quantitative estimate of drug-likeness (QED) is 0.308. The number of hydrogen-bond acceptors (Lipinski definition) is 2. The molecule has 1 heterocycles. The first-order valence-corrected chi connectivity index (χ1v) is 10.9. The summed E-state index contributed by atoms with van der Waals surface area (Å²) in [7, 11) is 0. The molecule has 5 rings (SSSR count). The van der Waals surface area contributed by atoms with Crippen molar-refractivity contribution in [2.75, 3.05) is 0 Å². The fourth-order valence-corrected chi connectivity index (χ4v) is 3.89. The number of aryl methyl sites for hydroxylation is 1. The monoisotopic (exact) mass is 421 g/mol. The number of H-pyrrole nitrogens is 1. The van der Waals surface area contributed by atoms with Crippen molar-refractivity contribution in [3.05, 3.63) is 120 Å². The van der Waals surface area contributed by atoms with Crippen molar-refractivity contribution in [3.63, 3.8) is 0 Å². The van der Waals surface area contributed by atoms with Gasteiger partial charge in [-0.3, -0.25) is 4.79 Å². The predicted octanol–water partition coefficient (Wildman–Crippen LogP) is 7.36. The Morgan fingerprint density at radius 1 is 0.750 bits per heavy atom. The molecular formula is C29H27NO2. The van der Waals surface area contributed by atoms with Crippen LogP contribution in [-0.4, -0.2) is 11.0 Å². The smallest absolute Gasteiger partial charge is 0.306 e. The maximum Gasteiger partial charge on any atom is 0.306 e. The van der Waals surface area contributed by atoms with Crippen molar-refractivity contribution in [1.29, 1.82) is 0 Å². The van der Waals surface area contributed by atoms with Gasteiger partial charge in [0.1, 0.15) is 0 Å². The predicted molar refractivity (Wildman–Crippen MR) is 132 cm³/mol. The Morgan fingerprint density at radius 2 is 1.28 bits per heavy atom. The second-order valence-corrected chi connectivity index (χ2v) is 7.71. The molecule has 4 aromatic carbocycles. The number of esters is 1. The van der Waals surface area contributed by atoms with Crippen LogP contribution in [-0.2, 0) is 9.53 Å². The molecule has 0 aliphatic heterocycles. The molecular weight excluding hydrogens is 394 g/mol. The van der Waals surface area contributed by atoms with Crippen LogP contribution in [0.5, 0.6) is 0 Å². The van der Waals surface area contributed by atoms with Crippen molar-refractivity contribution in [2.45, 2.75) is 26.4 Å². The molecule has 0 atom stereocenters. The van der Waals surface area contributed by atoms with Gasteiger partial charge in [-0.05, 0) is 40.6 Å². The van der Waals surface area contributed by atoms with Crippen LogP contribution in [0.1, 0.15) is 36.3 Å². The van der Waals surface area contributed by atoms with Gasteiger partial charge in [0.05, 0.1) is 0 Å². The molecule has 0 unspecified atom stereocenters. The van der Waals surface area contributed by atoms with Crippen LogP contribution in [0.2, 0.25) is 0 Å². The summed E-state index contributed by atoms with van der Waals surface area (Å²) in [5.74, 6) is -0.198. The molecule has 0 saturated carbocycles. The largest absolute Gasteiger partial charge is 0.452 e. The van der Waals surface area contributed by atoms with Crippen molar-refractivity contribution < 1.29 is 9.53 Å². The molecule has 0 saturated heterocycles. The first-order chi connectivity index (χ1) is 15.7. The van der Waals surface area contributed by atoms with Gasteiger partial charge < -0.3 is 9.72 Å². The lowest BCUT2D eigenvalue weighted by Gasteiger charge is -2.22. The molecule has 32 heavy (non-hydrogen) atoms. The Bertz CT molecular complexity index is 1230. The van der Waals surface area contributed by atoms with Gasteiger partial charge in [-0.2, -0.15) is 0 Å². The minimum absolute atomic E-state index is 0.198. The van der Waals surface area contributed by atoms with Crippen molar-refractivity contribution in [2.24, 2.45) is 0 Å². The van der Waals surface area contributed by atoms with Crippen LogP contribution in [0.3, 0.4) is 0 Å². The van der Waals surface area contributed by atoms with Gasteiger partial charge in [0.15, 0.2) is 6.10 Å². The van der Waals surface area contributed by atoms with E-state index < -0.39 is 6.10 Å². The first-order valence-electron chi connectivity index (χ1n) is 10.9. The van der Waals surface area contributed by atoms with Gasteiger partial charge in [-0.25, -0.2) is 0 Å². The van der Waals surface area contributed by atoms with E-state index in [2.05, 4.69) is 53.5 Å². The number of carbonyl (C=O) groups excluding carboxylic acids is 1. The molecule has 0 radical (unpaired) electrons. The molecule has 0 aliphatic rings. The molecule has 0 fully saturated rings. The van der Waals surface area contributed by atoms with Crippen LogP contribution >= 0.6 is 0 Å². The van der Waals surface area contributed by atoms with E-state index in [4.69, 9.17) is 4.74 Å². The van der Waals surface area contributed by atoms with E-state index in [9.17, 15) is 4.79 Å². The van der Waals surface area contributed by atoms with Gasteiger partial charge in [0, 0.05) is 29.4 Å². The normalized spacial score (nSPS) is 10.7. The lowest BCUT2D eigenvalue weighted by atomic mass is 9.92. The summed E-state index contributed by atoms with van der Waals surface area (Å²) in [5, 5.41) is 4.50. The summed E-state index contributed by atoms with van der Waals surface area (Å²) in [6.07, 6.45) is 1.83. The van der Waals surface area contributed by atoms with E-state index in [0.29, 0.717) is 6.42 Å². The molecule has 1 N–H and O–H groups in total. The van der Waals surface area contributed by atoms with E-state index in [1.54, 1.807) is 0 Å². The highest BCUT2D eigenvalue weighted by atomic mass is 16.5. The highest BCUT2D eigenvalue weighted by Crippen LogP contribution is 2.35. The van der Waals surface area contributed by atoms with E-state index in [1.165, 1.54) is 5.69 Å². The summed E-state index contributed by atoms with van der Waals surface area (Å²) in [6, 6.07) is 32.8. The van der Waals surface area contributed by atoms with Gasteiger partial charge in [-0.1, -0.05) is 91.9 Å². The molecule has 3 nitrogen and oxygen atoms in total. The Hall–Kier alpha value is -3.85. The number of rotatable bonds is 4. The molecule has 5 aromatic rings. The molecule has 0 spiro atoms. The van der Waals surface area contributed by atoms with Crippen LogP contribution in [0.15, 0.2) is 103 Å². The van der Waals surface area contributed by atoms with Gasteiger partial charge in [0.2, 0.25) is 0 Å². The highest BCUT2D eigenvalue weighted by molar-refractivity contribution is 5.90. The number of fused-ring (bicyclic) bond motifs is 2.